The second-order valence-corrected chi connectivity index (χ2v) is 6.05. The van der Waals surface area contributed by atoms with Crippen LogP contribution >= 0.6 is 0 Å². The fraction of sp³-hybridized carbons (Fsp3) is 0.333. The molecule has 6 nitrogen and oxygen atoms in total. The Hall–Kier alpha value is -2.97. The third kappa shape index (κ3) is 4.60. The van der Waals surface area contributed by atoms with Gasteiger partial charge in [0.05, 0.1) is 17.9 Å². The van der Waals surface area contributed by atoms with E-state index in [2.05, 4.69) is 20.4 Å². The topological polar surface area (TPSA) is 72.5 Å². The fourth-order valence-corrected chi connectivity index (χ4v) is 2.66. The van der Waals surface area contributed by atoms with E-state index in [1.807, 2.05) is 26.0 Å². The SMILES string of the molecule is CCC1Oc2cc(C(C)Nc3ccc(OC(F)(F)F)cn3)ccc2NC1=O. The molecule has 9 heteroatoms. The number of anilines is 2. The highest BCUT2D eigenvalue weighted by atomic mass is 19.4. The van der Waals surface area contributed by atoms with Crippen molar-refractivity contribution >= 4 is 17.4 Å². The standard InChI is InChI=1S/C18H18F3N3O3/c1-3-14-17(25)24-13-6-4-11(8-15(13)26-14)10(2)23-16-7-5-12(9-22-16)27-18(19,20)21/h4-10,14H,3H2,1-2H3,(H,22,23)(H,24,25). The molecule has 2 atom stereocenters. The molecule has 1 aromatic heterocycles. The van der Waals surface area contributed by atoms with Crippen LogP contribution in [0.5, 0.6) is 11.5 Å². The molecule has 2 N–H and O–H groups in total. The van der Waals surface area contributed by atoms with Gasteiger partial charge in [-0.05, 0) is 43.2 Å². The zero-order valence-electron chi connectivity index (χ0n) is 14.6. The Bertz CT molecular complexity index is 825. The van der Waals surface area contributed by atoms with Crippen molar-refractivity contribution in [1.82, 2.24) is 4.98 Å². The smallest absolute Gasteiger partial charge is 0.478 e. The number of carbonyl (C=O) groups excluding carboxylic acids is 1. The molecule has 3 rings (SSSR count). The molecule has 1 aliphatic rings. The number of amides is 1. The van der Waals surface area contributed by atoms with E-state index in [0.717, 1.165) is 11.8 Å². The summed E-state index contributed by atoms with van der Waals surface area (Å²) in [4.78, 5) is 15.8. The van der Waals surface area contributed by atoms with Crippen molar-refractivity contribution in [3.8, 4) is 11.5 Å². The molecule has 144 valence electrons. The van der Waals surface area contributed by atoms with Crippen molar-refractivity contribution in [2.24, 2.45) is 0 Å². The van der Waals surface area contributed by atoms with Crippen LogP contribution in [-0.2, 0) is 4.79 Å². The molecule has 0 saturated carbocycles. The van der Waals surface area contributed by atoms with E-state index in [1.54, 1.807) is 6.07 Å². The number of hydrogen-bond donors (Lipinski definition) is 2. The number of aromatic nitrogens is 1. The van der Waals surface area contributed by atoms with Gasteiger partial charge < -0.3 is 20.1 Å². The molecule has 27 heavy (non-hydrogen) atoms. The average Bonchev–Trinajstić information content (AvgIpc) is 2.61. The van der Waals surface area contributed by atoms with Gasteiger partial charge in [0.1, 0.15) is 17.3 Å². The van der Waals surface area contributed by atoms with Crippen LogP contribution < -0.4 is 20.1 Å². The van der Waals surface area contributed by atoms with E-state index in [0.29, 0.717) is 23.7 Å². The largest absolute Gasteiger partial charge is 0.573 e. The molecule has 0 aliphatic carbocycles. The Morgan fingerprint density at radius 3 is 2.74 bits per heavy atom. The number of alkyl halides is 3. The van der Waals surface area contributed by atoms with E-state index in [-0.39, 0.29) is 17.7 Å². The van der Waals surface area contributed by atoms with Gasteiger partial charge in [-0.2, -0.15) is 0 Å². The first-order chi connectivity index (χ1) is 12.7. The first kappa shape index (κ1) is 18.8. The van der Waals surface area contributed by atoms with Gasteiger partial charge in [-0.15, -0.1) is 13.2 Å². The molecule has 2 heterocycles. The summed E-state index contributed by atoms with van der Waals surface area (Å²) < 4.78 is 46.1. The summed E-state index contributed by atoms with van der Waals surface area (Å²) in [5, 5.41) is 5.90. The third-order valence-electron chi connectivity index (χ3n) is 4.03. The van der Waals surface area contributed by atoms with Gasteiger partial charge in [-0.25, -0.2) is 4.98 Å². The molecular formula is C18H18F3N3O3. The van der Waals surface area contributed by atoms with E-state index in [1.165, 1.54) is 12.1 Å². The number of fused-ring (bicyclic) bond motifs is 1. The van der Waals surface area contributed by atoms with Crippen molar-refractivity contribution in [3.05, 3.63) is 42.1 Å². The highest BCUT2D eigenvalue weighted by Gasteiger charge is 2.31. The van der Waals surface area contributed by atoms with Gasteiger partial charge >= 0.3 is 6.36 Å². The van der Waals surface area contributed by atoms with Gasteiger partial charge in [0.25, 0.3) is 5.91 Å². The normalized spacial score (nSPS) is 17.4. The summed E-state index contributed by atoms with van der Waals surface area (Å²) in [7, 11) is 0. The molecule has 1 amide bonds. The molecule has 1 aromatic carbocycles. The number of benzene rings is 1. The lowest BCUT2D eigenvalue weighted by Crippen LogP contribution is -2.36. The van der Waals surface area contributed by atoms with Crippen LogP contribution in [0.4, 0.5) is 24.7 Å². The van der Waals surface area contributed by atoms with Gasteiger partial charge in [-0.1, -0.05) is 13.0 Å². The highest BCUT2D eigenvalue weighted by molar-refractivity contribution is 5.97. The Morgan fingerprint density at radius 1 is 1.33 bits per heavy atom. The number of halogens is 3. The van der Waals surface area contributed by atoms with Crippen LogP contribution in [0.3, 0.4) is 0 Å². The molecule has 0 fully saturated rings. The monoisotopic (exact) mass is 381 g/mol. The first-order valence-electron chi connectivity index (χ1n) is 8.35. The minimum Gasteiger partial charge on any atom is -0.478 e. The molecule has 0 radical (unpaired) electrons. The zero-order chi connectivity index (χ0) is 19.6. The Labute approximate surface area is 153 Å². The third-order valence-corrected chi connectivity index (χ3v) is 4.03. The van der Waals surface area contributed by atoms with E-state index in [9.17, 15) is 18.0 Å². The van der Waals surface area contributed by atoms with Crippen molar-refractivity contribution in [2.75, 3.05) is 10.6 Å². The van der Waals surface area contributed by atoms with Crippen molar-refractivity contribution in [1.29, 1.82) is 0 Å². The van der Waals surface area contributed by atoms with Crippen LogP contribution in [0.2, 0.25) is 0 Å². The first-order valence-corrected chi connectivity index (χ1v) is 8.35. The maximum Gasteiger partial charge on any atom is 0.573 e. The van der Waals surface area contributed by atoms with Gasteiger partial charge in [0.2, 0.25) is 0 Å². The maximum absolute atomic E-state index is 12.2. The molecule has 2 aromatic rings. The number of pyridine rings is 1. The minimum absolute atomic E-state index is 0.172. The van der Waals surface area contributed by atoms with Crippen molar-refractivity contribution in [3.63, 3.8) is 0 Å². The number of nitrogens with one attached hydrogen (secondary N) is 2. The average molecular weight is 381 g/mol. The molecule has 1 aliphatic heterocycles. The molecule has 0 bridgehead atoms. The second kappa shape index (κ2) is 7.34. The van der Waals surface area contributed by atoms with Crippen molar-refractivity contribution < 1.29 is 27.4 Å². The molecule has 2 unspecified atom stereocenters. The van der Waals surface area contributed by atoms with E-state index < -0.39 is 12.5 Å². The number of ether oxygens (including phenoxy) is 2. The van der Waals surface area contributed by atoms with Crippen LogP contribution in [0.15, 0.2) is 36.5 Å². The molecule has 0 spiro atoms. The Balaban J connectivity index is 1.70. The summed E-state index contributed by atoms with van der Waals surface area (Å²) >= 11 is 0. The predicted molar refractivity (Wildman–Crippen MR) is 92.7 cm³/mol. The maximum atomic E-state index is 12.2. The van der Waals surface area contributed by atoms with Gasteiger partial charge in [0, 0.05) is 0 Å². The fourth-order valence-electron chi connectivity index (χ4n) is 2.66. The quantitative estimate of drug-likeness (QED) is 0.810. The summed E-state index contributed by atoms with van der Waals surface area (Å²) in [6.07, 6.45) is -3.72. The number of carbonyl (C=O) groups is 1. The Morgan fingerprint density at radius 2 is 2.11 bits per heavy atom. The highest BCUT2D eigenvalue weighted by Crippen LogP contribution is 2.33. The lowest BCUT2D eigenvalue weighted by atomic mass is 10.1. The van der Waals surface area contributed by atoms with Gasteiger partial charge in [-0.3, -0.25) is 4.79 Å². The summed E-state index contributed by atoms with van der Waals surface area (Å²) in [5.74, 6) is 0.420. The lowest BCUT2D eigenvalue weighted by Gasteiger charge is -2.26. The van der Waals surface area contributed by atoms with E-state index >= 15 is 0 Å². The van der Waals surface area contributed by atoms with Crippen LogP contribution in [-0.4, -0.2) is 23.4 Å². The summed E-state index contributed by atoms with van der Waals surface area (Å²) in [6.45, 7) is 3.74. The van der Waals surface area contributed by atoms with Crippen LogP contribution in [0, 0.1) is 0 Å². The number of nitrogens with zero attached hydrogens (tertiary/aromatic N) is 1. The summed E-state index contributed by atoms with van der Waals surface area (Å²) in [6, 6.07) is 7.79. The Kier molecular flexibility index (Phi) is 5.11. The van der Waals surface area contributed by atoms with Gasteiger partial charge in [0.15, 0.2) is 6.10 Å². The van der Waals surface area contributed by atoms with Crippen molar-refractivity contribution in [2.45, 2.75) is 38.8 Å². The molecular weight excluding hydrogens is 363 g/mol. The zero-order valence-corrected chi connectivity index (χ0v) is 14.6. The van der Waals surface area contributed by atoms with Crippen LogP contribution in [0.25, 0.3) is 0 Å². The number of rotatable bonds is 5. The van der Waals surface area contributed by atoms with E-state index in [4.69, 9.17) is 4.74 Å². The minimum atomic E-state index is -4.75. The van der Waals surface area contributed by atoms with Crippen LogP contribution in [0.1, 0.15) is 31.9 Å². The predicted octanol–water partition coefficient (Wildman–Crippen LogP) is 4.26. The number of hydrogen-bond acceptors (Lipinski definition) is 5. The summed E-state index contributed by atoms with van der Waals surface area (Å²) in [5.41, 5.74) is 1.48. The second-order valence-electron chi connectivity index (χ2n) is 6.05. The molecule has 0 saturated heterocycles. The lowest BCUT2D eigenvalue weighted by molar-refractivity contribution is -0.274.